The van der Waals surface area contributed by atoms with Crippen LogP contribution in [-0.2, 0) is 6.42 Å². The van der Waals surface area contributed by atoms with Gasteiger partial charge in [-0.2, -0.15) is 0 Å². The topological polar surface area (TPSA) is 73.6 Å². The Morgan fingerprint density at radius 3 is 2.62 bits per heavy atom. The average Bonchev–Trinajstić information content (AvgIpc) is 3.22. The number of hydrogen-bond donors (Lipinski definition) is 3. The summed E-state index contributed by atoms with van der Waals surface area (Å²) in [6.45, 7) is 1.88. The Labute approximate surface area is 179 Å². The van der Waals surface area contributed by atoms with E-state index < -0.39 is 12.2 Å². The first-order valence-electron chi connectivity index (χ1n) is 9.78. The summed E-state index contributed by atoms with van der Waals surface area (Å²) >= 11 is 3.29. The molecule has 3 heterocycles. The predicted molar refractivity (Wildman–Crippen MR) is 119 cm³/mol. The minimum atomic E-state index is -0.842. The van der Waals surface area contributed by atoms with Crippen molar-refractivity contribution in [1.29, 1.82) is 0 Å². The van der Waals surface area contributed by atoms with Crippen LogP contribution in [0.3, 0.4) is 0 Å². The van der Waals surface area contributed by atoms with Gasteiger partial charge in [0.2, 0.25) is 0 Å². The van der Waals surface area contributed by atoms with Crippen LogP contribution < -0.4 is 0 Å². The van der Waals surface area contributed by atoms with E-state index in [4.69, 9.17) is 0 Å². The third-order valence-electron chi connectivity index (χ3n) is 5.52. The Morgan fingerprint density at radius 1 is 1.00 bits per heavy atom. The lowest BCUT2D eigenvalue weighted by Gasteiger charge is -2.40. The summed E-state index contributed by atoms with van der Waals surface area (Å²) < 4.78 is 0. The highest BCUT2D eigenvalue weighted by atomic mass is 32.2. The Kier molecular flexibility index (Phi) is 6.37. The molecule has 0 aliphatic carbocycles. The van der Waals surface area contributed by atoms with Gasteiger partial charge in [-0.05, 0) is 41.3 Å². The van der Waals surface area contributed by atoms with Crippen LogP contribution >= 0.6 is 23.1 Å². The zero-order chi connectivity index (χ0) is 20.4. The number of aliphatic hydroxyl groups is 3. The Hall–Kier alpha value is -1.70. The molecule has 29 heavy (non-hydrogen) atoms. The molecule has 1 fully saturated rings. The number of aliphatic hydroxyl groups excluding tert-OH is 3. The van der Waals surface area contributed by atoms with Crippen LogP contribution in [0.5, 0.6) is 0 Å². The van der Waals surface area contributed by atoms with E-state index in [1.54, 1.807) is 29.3 Å². The number of benzene rings is 1. The molecule has 0 amide bonds. The first-order valence-corrected chi connectivity index (χ1v) is 11.5. The van der Waals surface area contributed by atoms with Crippen molar-refractivity contribution in [1.82, 2.24) is 4.98 Å². The molecule has 3 N–H and O–H groups in total. The second kappa shape index (κ2) is 8.98. The average molecular weight is 428 g/mol. The van der Waals surface area contributed by atoms with Crippen molar-refractivity contribution in [2.24, 2.45) is 5.92 Å². The van der Waals surface area contributed by atoms with Crippen LogP contribution in [0.25, 0.3) is 10.6 Å². The molecule has 1 aliphatic rings. The third kappa shape index (κ3) is 4.42. The van der Waals surface area contributed by atoms with Crippen molar-refractivity contribution < 1.29 is 15.3 Å². The molecule has 1 saturated heterocycles. The van der Waals surface area contributed by atoms with Crippen LogP contribution in [0.15, 0.2) is 60.8 Å². The van der Waals surface area contributed by atoms with Crippen LogP contribution in [0.1, 0.15) is 28.2 Å². The van der Waals surface area contributed by atoms with Crippen molar-refractivity contribution >= 4 is 23.1 Å². The number of thiophene rings is 1. The van der Waals surface area contributed by atoms with E-state index in [1.165, 1.54) is 10.4 Å². The van der Waals surface area contributed by atoms with E-state index in [0.717, 1.165) is 22.6 Å². The number of rotatable bonds is 5. The molecule has 4 rings (SSSR count). The first kappa shape index (κ1) is 20.6. The van der Waals surface area contributed by atoms with Gasteiger partial charge in [0.15, 0.2) is 0 Å². The van der Waals surface area contributed by atoms with E-state index in [0.29, 0.717) is 0 Å². The maximum atomic E-state index is 10.6. The smallest absolute Gasteiger partial charge is 0.0961 e. The molecule has 5 atom stereocenters. The van der Waals surface area contributed by atoms with Gasteiger partial charge in [0, 0.05) is 22.7 Å². The number of thioether (sulfide) groups is 1. The van der Waals surface area contributed by atoms with E-state index in [2.05, 4.69) is 29.2 Å². The molecule has 2 aromatic heterocycles. The summed E-state index contributed by atoms with van der Waals surface area (Å²) in [5.74, 6) is -0.143. The van der Waals surface area contributed by atoms with Crippen molar-refractivity contribution in [3.8, 4) is 10.6 Å². The van der Waals surface area contributed by atoms with Crippen LogP contribution in [0.2, 0.25) is 0 Å². The maximum Gasteiger partial charge on any atom is 0.0961 e. The molecule has 1 aromatic carbocycles. The lowest BCUT2D eigenvalue weighted by Crippen LogP contribution is -2.46. The fourth-order valence-electron chi connectivity index (χ4n) is 3.79. The van der Waals surface area contributed by atoms with E-state index in [9.17, 15) is 15.3 Å². The van der Waals surface area contributed by atoms with Gasteiger partial charge in [-0.3, -0.25) is 4.98 Å². The van der Waals surface area contributed by atoms with Crippen molar-refractivity contribution in [3.05, 3.63) is 76.8 Å². The summed E-state index contributed by atoms with van der Waals surface area (Å²) in [5.41, 5.74) is 3.14. The summed E-state index contributed by atoms with van der Waals surface area (Å²) in [7, 11) is 0. The molecule has 0 bridgehead atoms. The molecule has 152 valence electrons. The van der Waals surface area contributed by atoms with Gasteiger partial charge in [0.25, 0.3) is 0 Å². The highest BCUT2D eigenvalue weighted by Crippen LogP contribution is 2.45. The second-order valence-corrected chi connectivity index (χ2v) is 10.1. The first-order chi connectivity index (χ1) is 14.1. The summed E-state index contributed by atoms with van der Waals surface area (Å²) in [4.78, 5) is 6.82. The molecular formula is C23H25NO3S2. The zero-order valence-corrected chi connectivity index (χ0v) is 17.8. The van der Waals surface area contributed by atoms with Gasteiger partial charge in [-0.25, -0.2) is 0 Å². The van der Waals surface area contributed by atoms with Gasteiger partial charge < -0.3 is 15.3 Å². The Morgan fingerprint density at radius 2 is 1.86 bits per heavy atom. The molecule has 1 aliphatic heterocycles. The quantitative estimate of drug-likeness (QED) is 0.576. The normalized spacial score (nSPS) is 27.1. The van der Waals surface area contributed by atoms with E-state index in [-0.39, 0.29) is 23.0 Å². The fourth-order valence-corrected chi connectivity index (χ4v) is 6.30. The Balaban J connectivity index is 1.53. The molecule has 4 nitrogen and oxygen atoms in total. The molecule has 0 unspecified atom stereocenters. The number of aromatic nitrogens is 1. The van der Waals surface area contributed by atoms with Crippen molar-refractivity contribution in [2.75, 3.05) is 6.61 Å². The third-order valence-corrected chi connectivity index (χ3v) is 8.40. The van der Waals surface area contributed by atoms with Gasteiger partial charge in [-0.1, -0.05) is 37.3 Å². The molecule has 0 spiro atoms. The molecule has 6 heteroatoms. The zero-order valence-electron chi connectivity index (χ0n) is 16.2. The monoisotopic (exact) mass is 427 g/mol. The highest BCUT2D eigenvalue weighted by molar-refractivity contribution is 8.00. The van der Waals surface area contributed by atoms with E-state index in [1.807, 2.05) is 37.3 Å². The minimum Gasteiger partial charge on any atom is -0.395 e. The van der Waals surface area contributed by atoms with E-state index >= 15 is 0 Å². The summed E-state index contributed by atoms with van der Waals surface area (Å²) in [5, 5.41) is 30.4. The van der Waals surface area contributed by atoms with Crippen LogP contribution in [0, 0.1) is 5.92 Å². The fraction of sp³-hybridized carbons (Fsp3) is 0.348. The van der Waals surface area contributed by atoms with Gasteiger partial charge in [0.05, 0.1) is 34.6 Å². The SMILES string of the molecule is C[C@H]1[C@H](O)[C@@H](O)[C@H](c2cccc(Cc3ccc(-c4ccccn4)s3)c2)S[C@@H]1CO. The number of pyridine rings is 1. The lowest BCUT2D eigenvalue weighted by atomic mass is 9.91. The van der Waals surface area contributed by atoms with Gasteiger partial charge >= 0.3 is 0 Å². The molecule has 3 aromatic rings. The molecular weight excluding hydrogens is 402 g/mol. The van der Waals surface area contributed by atoms with Crippen molar-refractivity contribution in [3.63, 3.8) is 0 Å². The summed E-state index contributed by atoms with van der Waals surface area (Å²) in [6.07, 6.45) is 0.937. The van der Waals surface area contributed by atoms with Crippen LogP contribution in [0.4, 0.5) is 0 Å². The molecule has 0 saturated carbocycles. The van der Waals surface area contributed by atoms with Gasteiger partial charge in [-0.15, -0.1) is 23.1 Å². The van der Waals surface area contributed by atoms with Crippen molar-refractivity contribution in [2.45, 2.75) is 36.1 Å². The lowest BCUT2D eigenvalue weighted by molar-refractivity contribution is -0.0239. The second-order valence-electron chi connectivity index (χ2n) is 7.52. The number of hydrogen-bond acceptors (Lipinski definition) is 6. The van der Waals surface area contributed by atoms with Crippen LogP contribution in [-0.4, -0.2) is 44.4 Å². The standard InChI is InChI=1S/C23H25NO3S2/c1-14-20(13-25)29-23(22(27)21(14)26)16-6-4-5-15(11-16)12-17-8-9-19(28-17)18-7-2-3-10-24-18/h2-11,14,20-23,25-27H,12-13H2,1H3/t14-,20-,21+,22-,23+/m1/s1. The van der Waals surface area contributed by atoms with Gasteiger partial charge in [0.1, 0.15) is 0 Å². The predicted octanol–water partition coefficient (Wildman–Crippen LogP) is 3.91. The largest absolute Gasteiger partial charge is 0.395 e. The highest BCUT2D eigenvalue weighted by Gasteiger charge is 2.42. The Bertz CT molecular complexity index is 944. The maximum absolute atomic E-state index is 10.6. The summed E-state index contributed by atoms with van der Waals surface area (Å²) in [6, 6.07) is 18.4. The minimum absolute atomic E-state index is 0.00268. The molecule has 0 radical (unpaired) electrons. The number of nitrogens with zero attached hydrogens (tertiary/aromatic N) is 1.